The molecule has 15 nitrogen and oxygen atoms in total. The van der Waals surface area contributed by atoms with Crippen LogP contribution in [0, 0.1) is 71.0 Å². The number of rotatable bonds is 22. The summed E-state index contributed by atoms with van der Waals surface area (Å²) >= 11 is 0. The normalized spacial score (nSPS) is 32.0. The van der Waals surface area contributed by atoms with Crippen molar-refractivity contribution < 1.29 is 66.7 Å². The largest absolute Gasteiger partial charge is 0.461 e. The van der Waals surface area contributed by atoms with Gasteiger partial charge in [0, 0.05) is 25.9 Å². The fraction of sp³-hybridized carbons (Fsp3) is 0.881. The molecule has 74 heavy (non-hydrogen) atoms. The predicted octanol–water partition coefficient (Wildman–Crippen LogP) is 10.6. The topological polar surface area (TPSA) is 187 Å². The highest BCUT2D eigenvalue weighted by molar-refractivity contribution is 5.75. The maximum absolute atomic E-state index is 13.5. The van der Waals surface area contributed by atoms with Crippen LogP contribution in [0.5, 0.6) is 0 Å². The van der Waals surface area contributed by atoms with Crippen molar-refractivity contribution in [3.63, 3.8) is 0 Å². The molecule has 0 aromatic carbocycles. The second-order valence-corrected chi connectivity index (χ2v) is 25.3. The number of carbonyl (C=O) groups is 7. The number of carbonyl (C=O) groups excluding carboxylic acids is 7. The molecule has 8 aliphatic carbocycles. The summed E-state index contributed by atoms with van der Waals surface area (Å²) in [5.41, 5.74) is -0.808. The van der Waals surface area contributed by atoms with Crippen LogP contribution in [-0.4, -0.2) is 104 Å². The maximum atomic E-state index is 13.5. The van der Waals surface area contributed by atoms with E-state index in [1.807, 2.05) is 0 Å². The standard InChI is InChI=1S/C59H91NO14/c1-59(2,3)74-58(67)60(24-12-22-52(61)72-50(34-68-54(63)46-26-38-14-4-5-15-39(38)27-46)35-69-55(64)47-28-40-16-6-7-17-41(40)29-47)25-13-23-53(62)73-51(36-70-56(65)48-30-42-18-8-9-19-43(42)31-48)37-71-57(66)49-32-44-20-10-11-21-45(44)33-49/h38-51H,4-37H2,1-3H3. The summed E-state index contributed by atoms with van der Waals surface area (Å²) in [4.78, 5) is 95.3. The SMILES string of the molecule is CC(C)(C)OC(=O)N(CCCC(=O)OC(COC(=O)C1CC2CCCCC2C1)COC(=O)C1CC2CCCCC2C1)CCCC(=O)OC(COC(=O)C1CC2CCCCC2C1)COC(=O)C1CC2CCCCC2C1. The van der Waals surface area contributed by atoms with Gasteiger partial charge >= 0.3 is 41.9 Å². The third kappa shape index (κ3) is 16.3. The van der Waals surface area contributed by atoms with E-state index in [4.69, 9.17) is 33.2 Å². The van der Waals surface area contributed by atoms with Crippen LogP contribution >= 0.6 is 0 Å². The van der Waals surface area contributed by atoms with E-state index >= 15 is 0 Å². The number of amides is 1. The van der Waals surface area contributed by atoms with Crippen molar-refractivity contribution in [1.29, 1.82) is 0 Å². The Bertz CT molecular complexity index is 1640. The highest BCUT2D eigenvalue weighted by Gasteiger charge is 2.44. The molecule has 8 aliphatic rings. The Morgan fingerprint density at radius 1 is 0.405 bits per heavy atom. The molecule has 0 aromatic rings. The number of hydrogen-bond donors (Lipinski definition) is 0. The van der Waals surface area contributed by atoms with Gasteiger partial charge in [0.1, 0.15) is 32.0 Å². The first-order valence-electron chi connectivity index (χ1n) is 29.7. The lowest BCUT2D eigenvalue weighted by molar-refractivity contribution is -0.169. The lowest BCUT2D eigenvalue weighted by atomic mass is 9.82. The fourth-order valence-electron chi connectivity index (χ4n) is 15.0. The van der Waals surface area contributed by atoms with Crippen molar-refractivity contribution in [2.24, 2.45) is 71.0 Å². The highest BCUT2D eigenvalue weighted by atomic mass is 16.6. The van der Waals surface area contributed by atoms with E-state index in [9.17, 15) is 33.6 Å². The maximum Gasteiger partial charge on any atom is 0.410 e. The Labute approximate surface area is 441 Å². The summed E-state index contributed by atoms with van der Waals surface area (Å²) in [7, 11) is 0. The van der Waals surface area contributed by atoms with E-state index in [2.05, 4.69) is 0 Å². The molecule has 8 unspecified atom stereocenters. The highest BCUT2D eigenvalue weighted by Crippen LogP contribution is 2.48. The lowest BCUT2D eigenvalue weighted by Crippen LogP contribution is -2.38. The zero-order valence-corrected chi connectivity index (χ0v) is 45.3. The number of nitrogens with zero attached hydrogens (tertiary/aromatic N) is 1. The summed E-state index contributed by atoms with van der Waals surface area (Å²) in [6.07, 6.45) is 23.0. The number of fused-ring (bicyclic) bond motifs is 4. The molecule has 8 atom stereocenters. The van der Waals surface area contributed by atoms with Crippen LogP contribution in [0.25, 0.3) is 0 Å². The molecule has 0 spiro atoms. The smallest absolute Gasteiger partial charge is 0.410 e. The number of hydrogen-bond acceptors (Lipinski definition) is 14. The molecular formula is C59H91NO14. The van der Waals surface area contributed by atoms with Crippen molar-refractivity contribution in [3.8, 4) is 0 Å². The van der Waals surface area contributed by atoms with Gasteiger partial charge in [-0.1, -0.05) is 103 Å². The molecule has 8 saturated carbocycles. The first-order chi connectivity index (χ1) is 35.6. The molecule has 416 valence electrons. The predicted molar refractivity (Wildman–Crippen MR) is 273 cm³/mol. The third-order valence-electron chi connectivity index (χ3n) is 18.8. The fourth-order valence-corrected chi connectivity index (χ4v) is 15.0. The van der Waals surface area contributed by atoms with E-state index in [1.54, 1.807) is 20.8 Å². The molecule has 0 N–H and O–H groups in total. The van der Waals surface area contributed by atoms with Crippen molar-refractivity contribution in [3.05, 3.63) is 0 Å². The zero-order valence-electron chi connectivity index (χ0n) is 45.3. The Kier molecular flexibility index (Phi) is 20.5. The van der Waals surface area contributed by atoms with E-state index in [0.29, 0.717) is 47.3 Å². The van der Waals surface area contributed by atoms with Gasteiger partial charge < -0.3 is 38.1 Å². The van der Waals surface area contributed by atoms with Crippen LogP contribution in [0.3, 0.4) is 0 Å². The van der Waals surface area contributed by atoms with Crippen molar-refractivity contribution in [2.45, 2.75) is 218 Å². The van der Waals surface area contributed by atoms with Crippen LogP contribution < -0.4 is 0 Å². The zero-order chi connectivity index (χ0) is 52.2. The molecule has 0 aliphatic heterocycles. The van der Waals surface area contributed by atoms with Crippen LogP contribution in [0.4, 0.5) is 4.79 Å². The molecule has 0 heterocycles. The number of ether oxygens (including phenoxy) is 7. The summed E-state index contributed by atoms with van der Waals surface area (Å²) in [6.45, 7) is 4.65. The minimum absolute atomic E-state index is 0.0822. The first-order valence-corrected chi connectivity index (χ1v) is 29.7. The summed E-state index contributed by atoms with van der Waals surface area (Å²) in [6, 6.07) is 0. The van der Waals surface area contributed by atoms with Crippen molar-refractivity contribution in [2.75, 3.05) is 39.5 Å². The van der Waals surface area contributed by atoms with E-state index in [-0.39, 0.29) is 113 Å². The van der Waals surface area contributed by atoms with Crippen LogP contribution in [-0.2, 0) is 61.9 Å². The van der Waals surface area contributed by atoms with Gasteiger partial charge in [-0.25, -0.2) is 4.79 Å². The van der Waals surface area contributed by atoms with Crippen molar-refractivity contribution >= 4 is 41.9 Å². The van der Waals surface area contributed by atoms with Gasteiger partial charge in [-0.15, -0.1) is 0 Å². The molecule has 15 heteroatoms. The molecular weight excluding hydrogens is 947 g/mol. The van der Waals surface area contributed by atoms with Crippen LogP contribution in [0.15, 0.2) is 0 Å². The molecule has 8 rings (SSSR count). The molecule has 0 saturated heterocycles. The Hall–Kier alpha value is -3.91. The van der Waals surface area contributed by atoms with Crippen molar-refractivity contribution in [1.82, 2.24) is 4.90 Å². The average molecular weight is 1040 g/mol. The minimum Gasteiger partial charge on any atom is -0.461 e. The first kappa shape index (κ1) is 56.3. The third-order valence-corrected chi connectivity index (χ3v) is 18.8. The molecule has 0 radical (unpaired) electrons. The monoisotopic (exact) mass is 1040 g/mol. The molecule has 1 amide bonds. The molecule has 0 bridgehead atoms. The summed E-state index contributed by atoms with van der Waals surface area (Å²) < 4.78 is 40.6. The Balaban J connectivity index is 0.818. The van der Waals surface area contributed by atoms with Gasteiger partial charge in [0.15, 0.2) is 12.2 Å². The Morgan fingerprint density at radius 3 is 0.878 bits per heavy atom. The van der Waals surface area contributed by atoms with Crippen LogP contribution in [0.1, 0.15) is 201 Å². The van der Waals surface area contributed by atoms with E-state index in [1.165, 1.54) is 56.3 Å². The second-order valence-electron chi connectivity index (χ2n) is 25.3. The average Bonchev–Trinajstić information content (AvgIpc) is 4.21. The van der Waals surface area contributed by atoms with Gasteiger partial charge in [-0.05, 0) is 132 Å². The van der Waals surface area contributed by atoms with Gasteiger partial charge in [-0.2, -0.15) is 0 Å². The van der Waals surface area contributed by atoms with Gasteiger partial charge in [0.25, 0.3) is 0 Å². The minimum atomic E-state index is -0.981. The van der Waals surface area contributed by atoms with E-state index in [0.717, 1.165) is 103 Å². The number of esters is 6. The van der Waals surface area contributed by atoms with Crippen LogP contribution in [0.2, 0.25) is 0 Å². The summed E-state index contributed by atoms with van der Waals surface area (Å²) in [5.74, 6) is 1.33. The lowest BCUT2D eigenvalue weighted by Gasteiger charge is -2.27. The second kappa shape index (κ2) is 26.9. The summed E-state index contributed by atoms with van der Waals surface area (Å²) in [5, 5.41) is 0. The quantitative estimate of drug-likeness (QED) is 0.0736. The molecule has 8 fully saturated rings. The van der Waals surface area contributed by atoms with Gasteiger partial charge in [0.05, 0.1) is 23.7 Å². The van der Waals surface area contributed by atoms with Gasteiger partial charge in [-0.3, -0.25) is 28.8 Å². The molecule has 0 aromatic heterocycles. The Morgan fingerprint density at radius 2 is 0.649 bits per heavy atom. The van der Waals surface area contributed by atoms with Gasteiger partial charge in [0.2, 0.25) is 0 Å². The van der Waals surface area contributed by atoms with E-state index < -0.39 is 35.8 Å².